The molecule has 0 aliphatic carbocycles. The van der Waals surface area contributed by atoms with Crippen molar-refractivity contribution in [3.05, 3.63) is 84.6 Å². The standard InChI is InChI=1S/C21H24N4O4S.C8H11NO/c1-4-23-30(27,28)17-12-10-16(11-13-17)25-21(26)18(15(3)24-25)14-22-19-8-6-7-9-20(19)29-5-2;1-2-10-8-6-4-3-5-7(8)9/h6-14,22-23H,4-5H2,1-3H3;3-6H,2,9H2,1H3. The molecule has 0 saturated heterocycles. The zero-order valence-electron chi connectivity index (χ0n) is 23.0. The number of ether oxygens (including phenoxy) is 2. The van der Waals surface area contributed by atoms with Crippen LogP contribution in [0.25, 0.3) is 0 Å². The van der Waals surface area contributed by atoms with Crippen molar-refractivity contribution in [3.8, 4) is 11.5 Å². The topological polar surface area (TPSA) is 135 Å². The van der Waals surface area contributed by atoms with Crippen molar-refractivity contribution in [2.75, 3.05) is 35.8 Å². The monoisotopic (exact) mass is 565 g/mol. The number of nitrogens with two attached hydrogens (primary N) is 1. The third-order valence-electron chi connectivity index (χ3n) is 5.57. The number of rotatable bonds is 10. The lowest BCUT2D eigenvalue weighted by molar-refractivity contribution is -0.114. The predicted molar refractivity (Wildman–Crippen MR) is 159 cm³/mol. The molecule has 0 atom stereocenters. The number of hydrogen-bond donors (Lipinski definition) is 3. The van der Waals surface area contributed by atoms with Crippen LogP contribution in [-0.4, -0.2) is 39.8 Å². The van der Waals surface area contributed by atoms with Crippen LogP contribution >= 0.6 is 0 Å². The maximum Gasteiger partial charge on any atom is 0.282 e. The molecule has 0 unspecified atom stereocenters. The molecule has 3 aromatic rings. The number of nitrogens with one attached hydrogen (secondary N) is 2. The molecule has 3 aromatic carbocycles. The molecule has 1 aliphatic heterocycles. The van der Waals surface area contributed by atoms with E-state index in [9.17, 15) is 13.2 Å². The average Bonchev–Trinajstić information content (AvgIpc) is 3.23. The fourth-order valence-corrected chi connectivity index (χ4v) is 4.72. The average molecular weight is 566 g/mol. The number of nitrogens with zero attached hydrogens (tertiary/aromatic N) is 2. The number of carbonyl (C=O) groups excluding carboxylic acids is 1. The summed E-state index contributed by atoms with van der Waals surface area (Å²) < 4.78 is 37.4. The number of carbonyl (C=O) groups is 1. The van der Waals surface area contributed by atoms with Gasteiger partial charge in [0.2, 0.25) is 10.0 Å². The van der Waals surface area contributed by atoms with Gasteiger partial charge in [-0.25, -0.2) is 13.1 Å². The second-order valence-electron chi connectivity index (χ2n) is 8.40. The third kappa shape index (κ3) is 7.61. The van der Waals surface area contributed by atoms with Crippen LogP contribution in [-0.2, 0) is 14.8 Å². The highest BCUT2D eigenvalue weighted by Crippen LogP contribution is 2.27. The Morgan fingerprint density at radius 1 is 0.900 bits per heavy atom. The van der Waals surface area contributed by atoms with Crippen molar-refractivity contribution < 1.29 is 22.7 Å². The van der Waals surface area contributed by atoms with Gasteiger partial charge in [0.1, 0.15) is 11.5 Å². The van der Waals surface area contributed by atoms with E-state index in [1.165, 1.54) is 17.1 Å². The Morgan fingerprint density at radius 3 is 2.12 bits per heavy atom. The molecule has 40 heavy (non-hydrogen) atoms. The van der Waals surface area contributed by atoms with Gasteiger partial charge in [-0.1, -0.05) is 31.2 Å². The highest BCUT2D eigenvalue weighted by molar-refractivity contribution is 7.89. The summed E-state index contributed by atoms with van der Waals surface area (Å²) in [5.74, 6) is 1.15. The lowest BCUT2D eigenvalue weighted by Gasteiger charge is -2.13. The van der Waals surface area contributed by atoms with Gasteiger partial charge in [-0.05, 0) is 69.3 Å². The van der Waals surface area contributed by atoms with Gasteiger partial charge in [-0.3, -0.25) is 4.79 Å². The first-order valence-corrected chi connectivity index (χ1v) is 14.4. The first kappa shape index (κ1) is 30.2. The number of anilines is 3. The van der Waals surface area contributed by atoms with Gasteiger partial charge < -0.3 is 20.5 Å². The third-order valence-corrected chi connectivity index (χ3v) is 7.13. The first-order chi connectivity index (χ1) is 19.2. The Labute approximate surface area is 235 Å². The molecule has 4 rings (SSSR count). The van der Waals surface area contributed by atoms with E-state index in [4.69, 9.17) is 15.2 Å². The summed E-state index contributed by atoms with van der Waals surface area (Å²) in [6, 6.07) is 20.9. The summed E-state index contributed by atoms with van der Waals surface area (Å²) in [7, 11) is -3.56. The summed E-state index contributed by atoms with van der Waals surface area (Å²) in [6.07, 6.45) is 1.60. The van der Waals surface area contributed by atoms with Crippen molar-refractivity contribution in [3.63, 3.8) is 0 Å². The number of para-hydroxylation sites is 4. The van der Waals surface area contributed by atoms with E-state index in [1.54, 1.807) is 32.2 Å². The van der Waals surface area contributed by atoms with E-state index < -0.39 is 10.0 Å². The Hall–Kier alpha value is -4.35. The molecule has 212 valence electrons. The number of nitrogen functional groups attached to an aromatic ring is 1. The highest BCUT2D eigenvalue weighted by Gasteiger charge is 2.29. The predicted octanol–water partition coefficient (Wildman–Crippen LogP) is 4.77. The maximum absolute atomic E-state index is 12.9. The Morgan fingerprint density at radius 2 is 1.50 bits per heavy atom. The minimum atomic E-state index is -3.56. The zero-order valence-corrected chi connectivity index (χ0v) is 23.9. The van der Waals surface area contributed by atoms with Crippen molar-refractivity contribution in [1.82, 2.24) is 4.72 Å². The van der Waals surface area contributed by atoms with Crippen molar-refractivity contribution >= 4 is 38.7 Å². The van der Waals surface area contributed by atoms with Crippen LogP contribution in [0.5, 0.6) is 11.5 Å². The fraction of sp³-hybridized carbons (Fsp3) is 0.241. The smallest absolute Gasteiger partial charge is 0.282 e. The van der Waals surface area contributed by atoms with Gasteiger partial charge in [-0.2, -0.15) is 10.1 Å². The molecule has 1 heterocycles. The molecule has 0 fully saturated rings. The lowest BCUT2D eigenvalue weighted by Crippen LogP contribution is -2.24. The number of benzene rings is 3. The Bertz CT molecular complexity index is 1470. The van der Waals surface area contributed by atoms with Gasteiger partial charge in [0.15, 0.2) is 0 Å². The van der Waals surface area contributed by atoms with Crippen molar-refractivity contribution in [1.29, 1.82) is 0 Å². The molecule has 0 aromatic heterocycles. The van der Waals surface area contributed by atoms with E-state index in [1.807, 2.05) is 62.4 Å². The Kier molecular flexibility index (Phi) is 10.7. The quantitative estimate of drug-likeness (QED) is 0.238. The molecule has 0 saturated carbocycles. The van der Waals surface area contributed by atoms with Crippen LogP contribution < -0.4 is 30.3 Å². The summed E-state index contributed by atoms with van der Waals surface area (Å²) in [5.41, 5.74) is 8.45. The van der Waals surface area contributed by atoms with E-state index in [0.717, 1.165) is 11.4 Å². The van der Waals surface area contributed by atoms with Crippen LogP contribution in [0.15, 0.2) is 94.6 Å². The second-order valence-corrected chi connectivity index (χ2v) is 10.2. The van der Waals surface area contributed by atoms with Gasteiger partial charge in [-0.15, -0.1) is 0 Å². The van der Waals surface area contributed by atoms with Gasteiger partial charge in [0, 0.05) is 12.7 Å². The minimum absolute atomic E-state index is 0.130. The molecule has 0 radical (unpaired) electrons. The van der Waals surface area contributed by atoms with Crippen LogP contribution in [0.4, 0.5) is 17.1 Å². The summed E-state index contributed by atoms with van der Waals surface area (Å²) >= 11 is 0. The van der Waals surface area contributed by atoms with E-state index in [-0.39, 0.29) is 10.8 Å². The molecule has 4 N–H and O–H groups in total. The van der Waals surface area contributed by atoms with E-state index in [2.05, 4.69) is 15.1 Å². The molecule has 1 amide bonds. The number of hydrogen-bond acceptors (Lipinski definition) is 8. The lowest BCUT2D eigenvalue weighted by atomic mass is 10.2. The molecule has 0 bridgehead atoms. The zero-order chi connectivity index (χ0) is 29.1. The normalized spacial score (nSPS) is 13.9. The van der Waals surface area contributed by atoms with Crippen molar-refractivity contribution in [2.24, 2.45) is 5.10 Å². The largest absolute Gasteiger partial charge is 0.492 e. The molecular formula is C29H35N5O5S. The second kappa shape index (κ2) is 14.2. The van der Waals surface area contributed by atoms with Gasteiger partial charge >= 0.3 is 0 Å². The first-order valence-electron chi connectivity index (χ1n) is 12.9. The van der Waals surface area contributed by atoms with Crippen LogP contribution in [0.3, 0.4) is 0 Å². The maximum atomic E-state index is 12.9. The molecule has 11 heteroatoms. The van der Waals surface area contributed by atoms with Crippen LogP contribution in [0, 0.1) is 0 Å². The molecular weight excluding hydrogens is 530 g/mol. The van der Waals surface area contributed by atoms with Gasteiger partial charge in [0.25, 0.3) is 5.91 Å². The minimum Gasteiger partial charge on any atom is -0.492 e. The Balaban J connectivity index is 0.000000371. The summed E-state index contributed by atoms with van der Waals surface area (Å²) in [4.78, 5) is 13.0. The molecule has 1 aliphatic rings. The number of hydrazone groups is 1. The van der Waals surface area contributed by atoms with Crippen LogP contribution in [0.1, 0.15) is 27.7 Å². The van der Waals surface area contributed by atoms with E-state index >= 15 is 0 Å². The molecule has 0 spiro atoms. The summed E-state index contributed by atoms with van der Waals surface area (Å²) in [6.45, 7) is 8.78. The van der Waals surface area contributed by atoms with Gasteiger partial charge in [0.05, 0.1) is 46.5 Å². The van der Waals surface area contributed by atoms with Crippen LogP contribution in [0.2, 0.25) is 0 Å². The van der Waals surface area contributed by atoms with E-state index in [0.29, 0.717) is 48.2 Å². The summed E-state index contributed by atoms with van der Waals surface area (Å²) in [5, 5.41) is 8.68. The molecule has 10 nitrogen and oxygen atoms in total. The fourth-order valence-electron chi connectivity index (χ4n) is 3.68. The number of sulfonamides is 1. The SMILES string of the molecule is CCNS(=O)(=O)c1ccc(N2N=C(C)C(=CNc3ccccc3OCC)C2=O)cc1.CCOc1ccccc1N. The number of amides is 1. The highest BCUT2D eigenvalue weighted by atomic mass is 32.2. The van der Waals surface area contributed by atoms with Crippen molar-refractivity contribution in [2.45, 2.75) is 32.6 Å².